The molecule has 1 unspecified atom stereocenters. The van der Waals surface area contributed by atoms with E-state index in [2.05, 4.69) is 19.1 Å². The van der Waals surface area contributed by atoms with Crippen molar-refractivity contribution in [1.82, 2.24) is 4.90 Å². The van der Waals surface area contributed by atoms with Crippen LogP contribution in [0.4, 0.5) is 5.69 Å². The molecule has 1 amide bonds. The van der Waals surface area contributed by atoms with Gasteiger partial charge in [-0.1, -0.05) is 25.0 Å². The molecule has 3 aliphatic rings. The first-order chi connectivity index (χ1) is 12.6. The van der Waals surface area contributed by atoms with E-state index in [-0.39, 0.29) is 5.91 Å². The number of hydrogen-bond donors (Lipinski definition) is 1. The molecule has 2 heterocycles. The number of nitrogens with zero attached hydrogens (tertiary/aromatic N) is 1. The summed E-state index contributed by atoms with van der Waals surface area (Å²) in [6.07, 6.45) is 11.8. The maximum absolute atomic E-state index is 13.0. The summed E-state index contributed by atoms with van der Waals surface area (Å²) >= 11 is 1.57. The molecule has 4 nitrogen and oxygen atoms in total. The number of anilines is 1. The Hall–Kier alpha value is -1.59. The van der Waals surface area contributed by atoms with E-state index in [0.717, 1.165) is 18.1 Å². The van der Waals surface area contributed by atoms with Gasteiger partial charge in [-0.2, -0.15) is 0 Å². The Kier molecular flexibility index (Phi) is 5.18. The second-order valence-corrected chi connectivity index (χ2v) is 8.68. The maximum Gasteiger partial charge on any atom is 0.266 e. The smallest absolute Gasteiger partial charge is 0.266 e. The lowest BCUT2D eigenvalue weighted by Crippen LogP contribution is -2.40. The van der Waals surface area contributed by atoms with E-state index < -0.39 is 0 Å². The molecule has 1 saturated heterocycles. The van der Waals surface area contributed by atoms with E-state index in [1.165, 1.54) is 35.8 Å². The van der Waals surface area contributed by atoms with Crippen molar-refractivity contribution in [2.75, 3.05) is 32.0 Å². The lowest BCUT2D eigenvalue weighted by atomic mass is 9.88. The number of hydrogen-bond acceptors (Lipinski definition) is 4. The number of amides is 1. The first-order valence-electron chi connectivity index (χ1n) is 9.84. The molecule has 1 aromatic heterocycles. The van der Waals surface area contributed by atoms with Crippen LogP contribution in [-0.2, 0) is 4.74 Å². The molecular formula is C21H28N2O2S. The van der Waals surface area contributed by atoms with Crippen molar-refractivity contribution in [2.45, 2.75) is 45.4 Å². The molecule has 2 aliphatic carbocycles. The normalized spacial score (nSPS) is 23.7. The van der Waals surface area contributed by atoms with Crippen molar-refractivity contribution < 1.29 is 9.53 Å². The van der Waals surface area contributed by atoms with Crippen molar-refractivity contribution in [3.8, 4) is 0 Å². The number of ether oxygens (including phenoxy) is 1. The molecular weight excluding hydrogens is 344 g/mol. The van der Waals surface area contributed by atoms with Gasteiger partial charge >= 0.3 is 0 Å². The van der Waals surface area contributed by atoms with Gasteiger partial charge in [0, 0.05) is 22.8 Å². The molecule has 1 fully saturated rings. The van der Waals surface area contributed by atoms with Gasteiger partial charge in [-0.15, -0.1) is 11.3 Å². The zero-order chi connectivity index (χ0) is 18.1. The molecule has 2 N–H and O–H groups in total. The van der Waals surface area contributed by atoms with Gasteiger partial charge in [0.05, 0.1) is 18.9 Å². The van der Waals surface area contributed by atoms with Crippen LogP contribution >= 0.6 is 11.3 Å². The van der Waals surface area contributed by atoms with Crippen molar-refractivity contribution in [1.29, 1.82) is 0 Å². The number of allylic oxidation sites excluding steroid dienone is 2. The summed E-state index contributed by atoms with van der Waals surface area (Å²) in [6, 6.07) is 0. The van der Waals surface area contributed by atoms with Gasteiger partial charge in [0.2, 0.25) is 0 Å². The van der Waals surface area contributed by atoms with Crippen LogP contribution in [0, 0.1) is 5.92 Å². The number of nitrogens with two attached hydrogens (primary N) is 1. The Morgan fingerprint density at radius 1 is 1.23 bits per heavy atom. The molecule has 1 aliphatic heterocycles. The van der Waals surface area contributed by atoms with Crippen LogP contribution < -0.4 is 15.5 Å². The van der Waals surface area contributed by atoms with Gasteiger partial charge in [-0.3, -0.25) is 4.79 Å². The van der Waals surface area contributed by atoms with Gasteiger partial charge in [0.25, 0.3) is 5.91 Å². The molecule has 5 heteroatoms. The van der Waals surface area contributed by atoms with E-state index in [4.69, 9.17) is 10.5 Å². The van der Waals surface area contributed by atoms with Crippen LogP contribution in [0.5, 0.6) is 0 Å². The van der Waals surface area contributed by atoms with E-state index >= 15 is 0 Å². The molecule has 0 bridgehead atoms. The minimum absolute atomic E-state index is 0.0625. The molecule has 0 aromatic carbocycles. The Labute approximate surface area is 159 Å². The summed E-state index contributed by atoms with van der Waals surface area (Å²) in [4.78, 5) is 15.5. The molecule has 0 spiro atoms. The van der Waals surface area contributed by atoms with Gasteiger partial charge < -0.3 is 15.4 Å². The minimum Gasteiger partial charge on any atom is -0.397 e. The van der Waals surface area contributed by atoms with Crippen molar-refractivity contribution in [3.63, 3.8) is 0 Å². The maximum atomic E-state index is 13.0. The quantitative estimate of drug-likeness (QED) is 0.825. The number of nitrogen functional groups attached to an aromatic ring is 1. The Bertz CT molecular complexity index is 846. The van der Waals surface area contributed by atoms with E-state index in [1.54, 1.807) is 16.9 Å². The molecule has 0 saturated carbocycles. The predicted molar refractivity (Wildman–Crippen MR) is 108 cm³/mol. The number of morpholine rings is 1. The zero-order valence-corrected chi connectivity index (χ0v) is 16.4. The molecule has 26 heavy (non-hydrogen) atoms. The van der Waals surface area contributed by atoms with Crippen molar-refractivity contribution >= 4 is 35.1 Å². The van der Waals surface area contributed by atoms with Crippen LogP contribution in [0.25, 0.3) is 12.2 Å². The molecule has 140 valence electrons. The highest BCUT2D eigenvalue weighted by Gasteiger charge is 2.24. The van der Waals surface area contributed by atoms with Gasteiger partial charge in [0.15, 0.2) is 0 Å². The van der Waals surface area contributed by atoms with Crippen LogP contribution in [-0.4, -0.2) is 37.1 Å². The third-order valence-corrected chi connectivity index (χ3v) is 7.08. The first-order valence-corrected chi connectivity index (χ1v) is 10.7. The van der Waals surface area contributed by atoms with E-state index in [9.17, 15) is 4.79 Å². The fraction of sp³-hybridized carbons (Fsp3) is 0.571. The molecule has 1 aromatic rings. The van der Waals surface area contributed by atoms with E-state index in [1.807, 2.05) is 4.90 Å². The van der Waals surface area contributed by atoms with Crippen molar-refractivity contribution in [3.05, 3.63) is 25.8 Å². The zero-order valence-electron chi connectivity index (χ0n) is 15.6. The topological polar surface area (TPSA) is 55.6 Å². The van der Waals surface area contributed by atoms with E-state index in [0.29, 0.717) is 42.8 Å². The summed E-state index contributed by atoms with van der Waals surface area (Å²) in [5.41, 5.74) is 10.3. The Balaban J connectivity index is 1.78. The Morgan fingerprint density at radius 2 is 2.00 bits per heavy atom. The number of rotatable bonds is 1. The summed E-state index contributed by atoms with van der Waals surface area (Å²) in [5, 5.41) is 1.08. The average molecular weight is 373 g/mol. The first kappa shape index (κ1) is 17.8. The Morgan fingerprint density at radius 3 is 2.81 bits per heavy atom. The average Bonchev–Trinajstić information content (AvgIpc) is 2.82. The van der Waals surface area contributed by atoms with Crippen LogP contribution in [0.15, 0.2) is 11.1 Å². The SMILES string of the molecule is CC1CC=c2sc(C(=O)N3CCOCC3)c(N)c2=CC2=C1CCCCC2. The fourth-order valence-electron chi connectivity index (χ4n) is 4.30. The minimum atomic E-state index is 0.0625. The van der Waals surface area contributed by atoms with Gasteiger partial charge in [0.1, 0.15) is 4.88 Å². The number of carbonyl (C=O) groups is 1. The third-order valence-electron chi connectivity index (χ3n) is 5.88. The number of thiophene rings is 1. The summed E-state index contributed by atoms with van der Waals surface area (Å²) in [6.45, 7) is 4.87. The standard InChI is InChI=1S/C21H28N2O2S/c1-14-7-8-18-17(13-15-5-3-2-4-6-16(14)15)19(22)20(26-18)21(24)23-9-11-25-12-10-23/h8,13-14H,2-7,9-12,22H2,1H3. The second-order valence-electron chi connectivity index (χ2n) is 7.62. The lowest BCUT2D eigenvalue weighted by Gasteiger charge is -2.26. The third kappa shape index (κ3) is 3.35. The largest absolute Gasteiger partial charge is 0.397 e. The van der Waals surface area contributed by atoms with Gasteiger partial charge in [-0.25, -0.2) is 0 Å². The highest BCUT2D eigenvalue weighted by molar-refractivity contribution is 7.12. The molecule has 1 atom stereocenters. The van der Waals surface area contributed by atoms with Crippen molar-refractivity contribution in [2.24, 2.45) is 5.92 Å². The summed E-state index contributed by atoms with van der Waals surface area (Å²) < 4.78 is 6.54. The van der Waals surface area contributed by atoms with Crippen LogP contribution in [0.1, 0.15) is 55.1 Å². The van der Waals surface area contributed by atoms with Gasteiger partial charge in [-0.05, 0) is 49.7 Å². The molecule has 4 rings (SSSR count). The lowest BCUT2D eigenvalue weighted by molar-refractivity contribution is 0.0306. The molecule has 0 radical (unpaired) electrons. The van der Waals surface area contributed by atoms with Crippen LogP contribution in [0.2, 0.25) is 0 Å². The monoisotopic (exact) mass is 372 g/mol. The summed E-state index contributed by atoms with van der Waals surface area (Å²) in [5.74, 6) is 0.640. The highest BCUT2D eigenvalue weighted by atomic mass is 32.1. The van der Waals surface area contributed by atoms with Crippen LogP contribution in [0.3, 0.4) is 0 Å². The summed E-state index contributed by atoms with van der Waals surface area (Å²) in [7, 11) is 0. The highest BCUT2D eigenvalue weighted by Crippen LogP contribution is 2.32. The number of carbonyl (C=O) groups excluding carboxylic acids is 1. The fourth-order valence-corrected chi connectivity index (χ4v) is 5.42. The number of fused-ring (bicyclic) bond motifs is 1. The second kappa shape index (κ2) is 7.57. The predicted octanol–water partition coefficient (Wildman–Crippen LogP) is 2.66.